The summed E-state index contributed by atoms with van der Waals surface area (Å²) in [5, 5.41) is 13.8. The lowest BCUT2D eigenvalue weighted by atomic mass is 10.00. The van der Waals surface area contributed by atoms with E-state index in [2.05, 4.69) is 26.3 Å². The number of nitrogen functional groups attached to an aromatic ring is 1. The second-order valence-corrected chi connectivity index (χ2v) is 10.6. The van der Waals surface area contributed by atoms with E-state index in [0.717, 1.165) is 65.9 Å². The third-order valence-electron chi connectivity index (χ3n) is 7.71. The molecule has 0 spiro atoms. The van der Waals surface area contributed by atoms with Gasteiger partial charge in [-0.15, -0.1) is 0 Å². The summed E-state index contributed by atoms with van der Waals surface area (Å²) in [6.45, 7) is 4.54. The first kappa shape index (κ1) is 28.4. The van der Waals surface area contributed by atoms with Gasteiger partial charge in [0.15, 0.2) is 0 Å². The van der Waals surface area contributed by atoms with Crippen molar-refractivity contribution in [3.05, 3.63) is 83.9 Å². The Kier molecular flexibility index (Phi) is 7.63. The van der Waals surface area contributed by atoms with E-state index in [9.17, 15) is 18.0 Å². The van der Waals surface area contributed by atoms with Crippen LogP contribution in [0.1, 0.15) is 29.9 Å². The quantitative estimate of drug-likeness (QED) is 0.167. The van der Waals surface area contributed by atoms with Gasteiger partial charge in [0.1, 0.15) is 22.9 Å². The van der Waals surface area contributed by atoms with Gasteiger partial charge in [-0.25, -0.2) is 14.8 Å². The lowest BCUT2D eigenvalue weighted by Crippen LogP contribution is -2.39. The number of aromatic nitrogens is 3. The number of piperidine rings is 1. The Balaban J connectivity index is 1.32. The van der Waals surface area contributed by atoms with Crippen LogP contribution in [0.3, 0.4) is 0 Å². The van der Waals surface area contributed by atoms with Gasteiger partial charge < -0.3 is 27.0 Å². The van der Waals surface area contributed by atoms with Gasteiger partial charge >= 0.3 is 12.2 Å². The molecule has 1 saturated heterocycles. The monoisotopic (exact) mass is 588 g/mol. The summed E-state index contributed by atoms with van der Waals surface area (Å²) in [4.78, 5) is 22.2. The van der Waals surface area contributed by atoms with Gasteiger partial charge in [-0.2, -0.15) is 13.2 Å². The minimum absolute atomic E-state index is 0.0293. The van der Waals surface area contributed by atoms with E-state index in [1.807, 2.05) is 41.7 Å². The topological polar surface area (TPSA) is 121 Å². The highest BCUT2D eigenvalue weighted by Crippen LogP contribution is 2.37. The maximum atomic E-state index is 13.1. The molecular weight excluding hydrogens is 557 g/mol. The maximum absolute atomic E-state index is 13.1. The van der Waals surface area contributed by atoms with Crippen LogP contribution in [0.2, 0.25) is 0 Å². The summed E-state index contributed by atoms with van der Waals surface area (Å²) < 4.78 is 41.4. The largest absolute Gasteiger partial charge is 0.416 e. The van der Waals surface area contributed by atoms with Crippen molar-refractivity contribution >= 4 is 39.5 Å². The number of benzene rings is 3. The van der Waals surface area contributed by atoms with Crippen LogP contribution in [-0.4, -0.2) is 39.5 Å². The lowest BCUT2D eigenvalue weighted by molar-refractivity contribution is -0.137. The third kappa shape index (κ3) is 5.84. The minimum Gasteiger partial charge on any atom is -0.382 e. The molecule has 6 N–H and O–H groups in total. The van der Waals surface area contributed by atoms with Crippen molar-refractivity contribution in [2.75, 3.05) is 29.5 Å². The molecule has 0 aliphatic carbocycles. The smallest absolute Gasteiger partial charge is 0.382 e. The molecule has 3 aromatic carbocycles. The molecule has 0 atom stereocenters. The van der Waals surface area contributed by atoms with Crippen molar-refractivity contribution < 1.29 is 18.0 Å². The molecule has 222 valence electrons. The summed E-state index contributed by atoms with van der Waals surface area (Å²) in [6, 6.07) is 15.4. The summed E-state index contributed by atoms with van der Waals surface area (Å²) in [7, 11) is 0. The molecule has 2 amide bonds. The van der Waals surface area contributed by atoms with Crippen LogP contribution in [0, 0.1) is 6.92 Å². The van der Waals surface area contributed by atoms with E-state index in [-0.39, 0.29) is 5.69 Å². The van der Waals surface area contributed by atoms with Crippen molar-refractivity contribution in [2.24, 2.45) is 0 Å². The number of hydrogen-bond donors (Lipinski definition) is 5. The van der Waals surface area contributed by atoms with Crippen molar-refractivity contribution in [2.45, 2.75) is 38.5 Å². The molecule has 1 fully saturated rings. The van der Waals surface area contributed by atoms with E-state index in [1.54, 1.807) is 12.3 Å². The van der Waals surface area contributed by atoms with Crippen molar-refractivity contribution in [1.82, 2.24) is 25.0 Å². The maximum Gasteiger partial charge on any atom is 0.416 e. The highest BCUT2D eigenvalue weighted by atomic mass is 19.4. The minimum atomic E-state index is -4.51. The lowest BCUT2D eigenvalue weighted by Gasteiger charge is -2.24. The van der Waals surface area contributed by atoms with Crippen LogP contribution in [0.25, 0.3) is 27.5 Å². The molecule has 2 aromatic heterocycles. The number of urea groups is 1. The second kappa shape index (κ2) is 11.5. The van der Waals surface area contributed by atoms with Crippen LogP contribution in [0.15, 0.2) is 66.9 Å². The molecule has 1 aliphatic heterocycles. The summed E-state index contributed by atoms with van der Waals surface area (Å²) in [5.74, 6) is 1.13. The molecular formula is C31H31F3N8O. The fourth-order valence-electron chi connectivity index (χ4n) is 5.64. The van der Waals surface area contributed by atoms with Gasteiger partial charge in [0.05, 0.1) is 23.1 Å². The predicted molar refractivity (Wildman–Crippen MR) is 162 cm³/mol. The number of anilines is 3. The fraction of sp³-hybridized carbons (Fsp3) is 0.258. The average molecular weight is 589 g/mol. The Morgan fingerprint density at radius 1 is 1.05 bits per heavy atom. The summed E-state index contributed by atoms with van der Waals surface area (Å²) in [5.41, 5.74) is 9.23. The number of nitrogens with one attached hydrogen (secondary N) is 4. The predicted octanol–water partition coefficient (Wildman–Crippen LogP) is 5.94. The fourth-order valence-corrected chi connectivity index (χ4v) is 5.64. The molecule has 5 aromatic rings. The van der Waals surface area contributed by atoms with Crippen molar-refractivity contribution in [1.29, 1.82) is 0 Å². The number of aryl methyl sites for hydroxylation is 1. The van der Waals surface area contributed by atoms with Crippen LogP contribution in [0.4, 0.5) is 35.2 Å². The Labute approximate surface area is 245 Å². The first-order valence-corrected chi connectivity index (χ1v) is 14.0. The van der Waals surface area contributed by atoms with Crippen LogP contribution >= 0.6 is 0 Å². The number of imidazole rings is 1. The Morgan fingerprint density at radius 2 is 1.81 bits per heavy atom. The number of carbonyl (C=O) groups is 1. The standard InChI is InChI=1S/C31H31F3N8O/c1-18-39-27(28-29(35)38-17-22(42(18)28)16-37-20-11-13-36-14-12-20)25-9-10-26(24-8-3-2-7-23(24)25)41-30(43)40-21-6-4-5-19(15-21)31(32,33)34/h2-10,15,17,20,36-37H,11-14,16H2,1H3,(H2,35,38)(H2,40,41,43). The summed E-state index contributed by atoms with van der Waals surface area (Å²) >= 11 is 0. The molecule has 1 aliphatic rings. The van der Waals surface area contributed by atoms with Gasteiger partial charge in [-0.05, 0) is 62.5 Å². The highest BCUT2D eigenvalue weighted by molar-refractivity contribution is 6.10. The van der Waals surface area contributed by atoms with E-state index in [4.69, 9.17) is 10.7 Å². The van der Waals surface area contributed by atoms with Crippen LogP contribution in [0.5, 0.6) is 0 Å². The van der Waals surface area contributed by atoms with Crippen LogP contribution < -0.4 is 27.0 Å². The number of nitrogens with two attached hydrogens (primary N) is 1. The Bertz CT molecular complexity index is 1810. The zero-order chi connectivity index (χ0) is 30.1. The number of amides is 2. The highest BCUT2D eigenvalue weighted by Gasteiger charge is 2.30. The molecule has 9 nitrogen and oxygen atoms in total. The number of halogens is 3. The first-order valence-electron chi connectivity index (χ1n) is 14.0. The third-order valence-corrected chi connectivity index (χ3v) is 7.71. The van der Waals surface area contributed by atoms with Crippen molar-refractivity contribution in [3.63, 3.8) is 0 Å². The zero-order valence-electron chi connectivity index (χ0n) is 23.4. The first-order chi connectivity index (χ1) is 20.7. The van der Waals surface area contributed by atoms with Gasteiger partial charge in [0, 0.05) is 29.2 Å². The molecule has 0 saturated carbocycles. The van der Waals surface area contributed by atoms with Gasteiger partial charge in [-0.1, -0.05) is 36.4 Å². The SMILES string of the molecule is Cc1nc(-c2ccc(NC(=O)Nc3cccc(C(F)(F)F)c3)c3ccccc23)c2c(N)ncc(CNC3CCNCC3)n12. The summed E-state index contributed by atoms with van der Waals surface area (Å²) in [6.07, 6.45) is -0.615. The van der Waals surface area contributed by atoms with E-state index < -0.39 is 17.8 Å². The van der Waals surface area contributed by atoms with Crippen molar-refractivity contribution in [3.8, 4) is 11.3 Å². The number of hydrogen-bond acceptors (Lipinski definition) is 6. The molecule has 0 unspecified atom stereocenters. The number of nitrogens with zero attached hydrogens (tertiary/aromatic N) is 3. The van der Waals surface area contributed by atoms with Gasteiger partial charge in [-0.3, -0.25) is 4.40 Å². The average Bonchev–Trinajstić information content (AvgIpc) is 3.35. The number of fused-ring (bicyclic) bond motifs is 2. The second-order valence-electron chi connectivity index (χ2n) is 10.6. The van der Waals surface area contributed by atoms with E-state index in [1.165, 1.54) is 12.1 Å². The Hall–Kier alpha value is -4.68. The molecule has 6 rings (SSSR count). The molecule has 12 heteroatoms. The molecule has 3 heterocycles. The van der Waals surface area contributed by atoms with E-state index in [0.29, 0.717) is 35.3 Å². The van der Waals surface area contributed by atoms with Crippen LogP contribution in [-0.2, 0) is 12.7 Å². The van der Waals surface area contributed by atoms with Gasteiger partial charge in [0.25, 0.3) is 0 Å². The van der Waals surface area contributed by atoms with E-state index >= 15 is 0 Å². The van der Waals surface area contributed by atoms with Gasteiger partial charge in [0.2, 0.25) is 0 Å². The normalized spacial score (nSPS) is 14.3. The Morgan fingerprint density at radius 3 is 2.58 bits per heavy atom. The molecule has 0 bridgehead atoms. The number of rotatable bonds is 6. The number of alkyl halides is 3. The molecule has 0 radical (unpaired) electrons. The number of carbonyl (C=O) groups excluding carboxylic acids is 1. The zero-order valence-corrected chi connectivity index (χ0v) is 23.4. The molecule has 43 heavy (non-hydrogen) atoms.